The van der Waals surface area contributed by atoms with Gasteiger partial charge in [-0.15, -0.1) is 0 Å². The summed E-state index contributed by atoms with van der Waals surface area (Å²) >= 11 is 1.48. The summed E-state index contributed by atoms with van der Waals surface area (Å²) in [7, 11) is 0. The van der Waals surface area contributed by atoms with Crippen molar-refractivity contribution < 1.29 is 4.79 Å². The number of rotatable bonds is 4. The third-order valence-corrected chi connectivity index (χ3v) is 5.43. The van der Waals surface area contributed by atoms with Crippen molar-refractivity contribution in [3.05, 3.63) is 55.0 Å². The van der Waals surface area contributed by atoms with Crippen molar-refractivity contribution in [1.82, 2.24) is 19.9 Å². The van der Waals surface area contributed by atoms with Crippen molar-refractivity contribution in [3.8, 4) is 0 Å². The Balaban J connectivity index is 1.34. The minimum atomic E-state index is 0.151. The quantitative estimate of drug-likeness (QED) is 0.523. The normalized spacial score (nSPS) is 14.6. The zero-order chi connectivity index (χ0) is 17.8. The first-order valence-corrected chi connectivity index (χ1v) is 9.56. The molecular weight excluding hydrogens is 346 g/mol. The molecular formula is C19H19N5OS. The fourth-order valence-electron chi connectivity index (χ4n) is 3.04. The molecule has 0 spiro atoms. The molecule has 0 unspecified atom stereocenters. The number of thioether (sulfide) groups is 1. The maximum absolute atomic E-state index is 12.6. The summed E-state index contributed by atoms with van der Waals surface area (Å²) in [4.78, 5) is 29.7. The molecule has 3 heterocycles. The lowest BCUT2D eigenvalue weighted by atomic mass is 10.2. The number of amides is 1. The number of carbonyl (C=O) groups is 1. The molecule has 4 rings (SSSR count). The van der Waals surface area contributed by atoms with Gasteiger partial charge >= 0.3 is 0 Å². The van der Waals surface area contributed by atoms with Crippen LogP contribution in [0.15, 0.2) is 60.0 Å². The van der Waals surface area contributed by atoms with Crippen LogP contribution in [-0.2, 0) is 4.79 Å². The Morgan fingerprint density at radius 2 is 1.77 bits per heavy atom. The van der Waals surface area contributed by atoms with E-state index in [0.29, 0.717) is 5.75 Å². The second-order valence-electron chi connectivity index (χ2n) is 6.04. The van der Waals surface area contributed by atoms with Gasteiger partial charge in [-0.3, -0.25) is 4.79 Å². The van der Waals surface area contributed by atoms with Crippen LogP contribution in [-0.4, -0.2) is 57.7 Å². The number of nitrogens with zero attached hydrogens (tertiary/aromatic N) is 5. The second-order valence-corrected chi connectivity index (χ2v) is 7.00. The van der Waals surface area contributed by atoms with E-state index in [1.807, 2.05) is 47.4 Å². The summed E-state index contributed by atoms with van der Waals surface area (Å²) in [5, 5.41) is 1.85. The largest absolute Gasteiger partial charge is 0.353 e. The molecule has 0 bridgehead atoms. The minimum absolute atomic E-state index is 0.151. The first-order chi connectivity index (χ1) is 12.8. The van der Waals surface area contributed by atoms with Gasteiger partial charge in [0, 0.05) is 37.8 Å². The second kappa shape index (κ2) is 7.70. The third-order valence-electron chi connectivity index (χ3n) is 4.44. The van der Waals surface area contributed by atoms with Gasteiger partial charge in [0.2, 0.25) is 5.91 Å². The molecule has 0 radical (unpaired) electrons. The van der Waals surface area contributed by atoms with Crippen LogP contribution in [0.2, 0.25) is 0 Å². The van der Waals surface area contributed by atoms with E-state index in [4.69, 9.17) is 0 Å². The fourth-order valence-corrected chi connectivity index (χ4v) is 3.93. The maximum Gasteiger partial charge on any atom is 0.233 e. The maximum atomic E-state index is 12.6. The highest BCUT2D eigenvalue weighted by Gasteiger charge is 2.22. The van der Waals surface area contributed by atoms with Crippen molar-refractivity contribution in [2.45, 2.75) is 5.03 Å². The Morgan fingerprint density at radius 3 is 2.58 bits per heavy atom. The molecule has 3 aromatic rings. The highest BCUT2D eigenvalue weighted by Crippen LogP contribution is 2.24. The summed E-state index contributed by atoms with van der Waals surface area (Å²) in [6.07, 6.45) is 3.36. The molecule has 0 atom stereocenters. The Bertz CT molecular complexity index is 891. The zero-order valence-corrected chi connectivity index (χ0v) is 15.1. The number of piperazine rings is 1. The molecule has 132 valence electrons. The molecule has 6 nitrogen and oxygen atoms in total. The average molecular weight is 365 g/mol. The first-order valence-electron chi connectivity index (χ1n) is 8.57. The minimum Gasteiger partial charge on any atom is -0.353 e. The van der Waals surface area contributed by atoms with Gasteiger partial charge in [0.05, 0.1) is 11.3 Å². The number of anilines is 1. The molecule has 1 saturated heterocycles. The van der Waals surface area contributed by atoms with Gasteiger partial charge in [-0.25, -0.2) is 15.0 Å². The zero-order valence-electron chi connectivity index (χ0n) is 14.3. The number of carbonyl (C=O) groups excluding carboxylic acids is 1. The molecule has 1 aromatic carbocycles. The summed E-state index contributed by atoms with van der Waals surface area (Å²) in [5.41, 5.74) is 0.904. The molecule has 1 aliphatic rings. The fraction of sp³-hybridized carbons (Fsp3) is 0.263. The van der Waals surface area contributed by atoms with Crippen molar-refractivity contribution in [2.75, 3.05) is 36.8 Å². The van der Waals surface area contributed by atoms with Gasteiger partial charge in [0.1, 0.15) is 17.2 Å². The molecule has 0 saturated carbocycles. The van der Waals surface area contributed by atoms with E-state index in [0.717, 1.165) is 47.9 Å². The number of fused-ring (bicyclic) bond motifs is 1. The van der Waals surface area contributed by atoms with Crippen LogP contribution in [0.3, 0.4) is 0 Å². The van der Waals surface area contributed by atoms with Crippen molar-refractivity contribution in [3.63, 3.8) is 0 Å². The SMILES string of the molecule is O=C(CSc1ncnc2ccccc12)N1CCN(c2ccccn2)CC1. The molecule has 7 heteroatoms. The van der Waals surface area contributed by atoms with Gasteiger partial charge in [0.25, 0.3) is 0 Å². The Hall–Kier alpha value is -2.67. The topological polar surface area (TPSA) is 62.2 Å². The van der Waals surface area contributed by atoms with Crippen LogP contribution >= 0.6 is 11.8 Å². The number of pyridine rings is 1. The number of benzene rings is 1. The number of hydrogen-bond donors (Lipinski definition) is 0. The number of para-hydroxylation sites is 1. The van der Waals surface area contributed by atoms with Gasteiger partial charge in [-0.2, -0.15) is 0 Å². The average Bonchev–Trinajstić information content (AvgIpc) is 2.73. The van der Waals surface area contributed by atoms with Crippen LogP contribution in [0.1, 0.15) is 0 Å². The van der Waals surface area contributed by atoms with Gasteiger partial charge < -0.3 is 9.80 Å². The molecule has 0 N–H and O–H groups in total. The van der Waals surface area contributed by atoms with Crippen LogP contribution in [0.4, 0.5) is 5.82 Å². The monoisotopic (exact) mass is 365 g/mol. The summed E-state index contributed by atoms with van der Waals surface area (Å²) in [6, 6.07) is 13.8. The Kier molecular flexibility index (Phi) is 4.97. The molecule has 1 amide bonds. The van der Waals surface area contributed by atoms with E-state index >= 15 is 0 Å². The standard InChI is InChI=1S/C19H19N5OS/c25-18(13-26-19-15-5-1-2-6-16(15)21-14-22-19)24-11-9-23(10-12-24)17-7-3-4-8-20-17/h1-8,14H,9-13H2. The smallest absolute Gasteiger partial charge is 0.233 e. The van der Waals surface area contributed by atoms with Gasteiger partial charge in [-0.1, -0.05) is 36.0 Å². The van der Waals surface area contributed by atoms with E-state index in [9.17, 15) is 4.79 Å². The molecule has 0 aliphatic carbocycles. The summed E-state index contributed by atoms with van der Waals surface area (Å²) < 4.78 is 0. The first kappa shape index (κ1) is 16.8. The van der Waals surface area contributed by atoms with E-state index in [2.05, 4.69) is 19.9 Å². The lowest BCUT2D eigenvalue weighted by molar-refractivity contribution is -0.128. The van der Waals surface area contributed by atoms with E-state index in [1.165, 1.54) is 11.8 Å². The summed E-state index contributed by atoms with van der Waals surface area (Å²) in [5.74, 6) is 1.52. The van der Waals surface area contributed by atoms with Gasteiger partial charge in [-0.05, 0) is 18.2 Å². The highest BCUT2D eigenvalue weighted by molar-refractivity contribution is 8.00. The predicted molar refractivity (Wildman–Crippen MR) is 103 cm³/mol. The van der Waals surface area contributed by atoms with Crippen LogP contribution < -0.4 is 4.90 Å². The van der Waals surface area contributed by atoms with Crippen LogP contribution in [0, 0.1) is 0 Å². The third kappa shape index (κ3) is 3.62. The van der Waals surface area contributed by atoms with Crippen LogP contribution in [0.25, 0.3) is 10.9 Å². The van der Waals surface area contributed by atoms with Crippen molar-refractivity contribution in [1.29, 1.82) is 0 Å². The molecule has 26 heavy (non-hydrogen) atoms. The van der Waals surface area contributed by atoms with E-state index in [-0.39, 0.29) is 5.91 Å². The number of hydrogen-bond acceptors (Lipinski definition) is 6. The summed E-state index contributed by atoms with van der Waals surface area (Å²) in [6.45, 7) is 3.06. The molecule has 1 fully saturated rings. The lowest BCUT2D eigenvalue weighted by Gasteiger charge is -2.35. The Labute approximate surface area is 156 Å². The lowest BCUT2D eigenvalue weighted by Crippen LogP contribution is -2.49. The van der Waals surface area contributed by atoms with E-state index in [1.54, 1.807) is 12.5 Å². The van der Waals surface area contributed by atoms with Crippen molar-refractivity contribution in [2.24, 2.45) is 0 Å². The molecule has 1 aliphatic heterocycles. The predicted octanol–water partition coefficient (Wildman–Crippen LogP) is 2.47. The number of aromatic nitrogens is 3. The van der Waals surface area contributed by atoms with Crippen molar-refractivity contribution >= 4 is 34.4 Å². The molecule has 2 aromatic heterocycles. The van der Waals surface area contributed by atoms with Gasteiger partial charge in [0.15, 0.2) is 0 Å². The van der Waals surface area contributed by atoms with Crippen LogP contribution in [0.5, 0.6) is 0 Å². The highest BCUT2D eigenvalue weighted by atomic mass is 32.2. The van der Waals surface area contributed by atoms with E-state index < -0.39 is 0 Å². The Morgan fingerprint density at radius 1 is 0.962 bits per heavy atom.